The summed E-state index contributed by atoms with van der Waals surface area (Å²) in [4.78, 5) is 21.1. The van der Waals surface area contributed by atoms with Gasteiger partial charge in [-0.25, -0.2) is 0 Å². The first-order valence-electron chi connectivity index (χ1n) is 4.30. The maximum Gasteiger partial charge on any atom is 0.307 e. The summed E-state index contributed by atoms with van der Waals surface area (Å²) in [5.41, 5.74) is 0.755. The van der Waals surface area contributed by atoms with Crippen molar-refractivity contribution in [1.82, 2.24) is 0 Å². The van der Waals surface area contributed by atoms with Gasteiger partial charge in [0.15, 0.2) is 0 Å². The zero-order chi connectivity index (χ0) is 11.4. The third kappa shape index (κ3) is 3.30. The van der Waals surface area contributed by atoms with Crippen molar-refractivity contribution in [2.24, 2.45) is 0 Å². The smallest absolute Gasteiger partial charge is 0.307 e. The van der Waals surface area contributed by atoms with Crippen LogP contribution in [0.2, 0.25) is 0 Å². The van der Waals surface area contributed by atoms with Gasteiger partial charge in [0.25, 0.3) is 0 Å². The standard InChI is InChI=1S/C10H11NO4/c1-6(12)11-8-3-2-7(4-9(8)13)5-10(14)15/h2-4,13H,5H2,1H3,(H,11,12)(H,14,15). The van der Waals surface area contributed by atoms with Crippen LogP contribution in [0, 0.1) is 0 Å². The lowest BCUT2D eigenvalue weighted by Gasteiger charge is -2.06. The fourth-order valence-corrected chi connectivity index (χ4v) is 1.16. The number of carboxylic acid groups (broad SMARTS) is 1. The fourth-order valence-electron chi connectivity index (χ4n) is 1.16. The van der Waals surface area contributed by atoms with Crippen LogP contribution in [-0.2, 0) is 16.0 Å². The van der Waals surface area contributed by atoms with Crippen LogP contribution >= 0.6 is 0 Å². The van der Waals surface area contributed by atoms with Gasteiger partial charge >= 0.3 is 5.97 Å². The number of nitrogens with one attached hydrogen (secondary N) is 1. The minimum Gasteiger partial charge on any atom is -0.506 e. The average molecular weight is 209 g/mol. The molecule has 5 heteroatoms. The summed E-state index contributed by atoms with van der Waals surface area (Å²) in [5, 5.41) is 20.4. The van der Waals surface area contributed by atoms with Gasteiger partial charge < -0.3 is 15.5 Å². The largest absolute Gasteiger partial charge is 0.506 e. The topological polar surface area (TPSA) is 86.6 Å². The number of rotatable bonds is 3. The molecule has 0 fully saturated rings. The minimum absolute atomic E-state index is 0.135. The molecule has 0 aliphatic carbocycles. The number of benzene rings is 1. The van der Waals surface area contributed by atoms with Crippen molar-refractivity contribution in [1.29, 1.82) is 0 Å². The number of carboxylic acids is 1. The van der Waals surface area contributed by atoms with Crippen LogP contribution in [0.1, 0.15) is 12.5 Å². The van der Waals surface area contributed by atoms with E-state index in [4.69, 9.17) is 5.11 Å². The quantitative estimate of drug-likeness (QED) is 0.647. The lowest BCUT2D eigenvalue weighted by atomic mass is 10.1. The van der Waals surface area contributed by atoms with E-state index in [1.807, 2.05) is 0 Å². The highest BCUT2D eigenvalue weighted by molar-refractivity contribution is 5.90. The highest BCUT2D eigenvalue weighted by Crippen LogP contribution is 2.24. The van der Waals surface area contributed by atoms with Gasteiger partial charge in [0.1, 0.15) is 5.75 Å². The van der Waals surface area contributed by atoms with E-state index in [0.29, 0.717) is 5.56 Å². The Morgan fingerprint density at radius 3 is 2.53 bits per heavy atom. The van der Waals surface area contributed by atoms with E-state index in [1.54, 1.807) is 6.07 Å². The van der Waals surface area contributed by atoms with Gasteiger partial charge in [0.05, 0.1) is 12.1 Å². The molecule has 1 aromatic rings. The number of phenolic OH excluding ortho intramolecular Hbond substituents is 1. The Morgan fingerprint density at radius 1 is 1.40 bits per heavy atom. The summed E-state index contributed by atoms with van der Waals surface area (Å²) < 4.78 is 0. The van der Waals surface area contributed by atoms with Gasteiger partial charge in [0.2, 0.25) is 5.91 Å². The maximum absolute atomic E-state index is 10.7. The predicted molar refractivity (Wildman–Crippen MR) is 53.8 cm³/mol. The first kappa shape index (κ1) is 11.0. The second kappa shape index (κ2) is 4.45. The maximum atomic E-state index is 10.7. The first-order valence-corrected chi connectivity index (χ1v) is 4.30. The van der Waals surface area contributed by atoms with Crippen LogP contribution in [0.3, 0.4) is 0 Å². The third-order valence-electron chi connectivity index (χ3n) is 1.73. The van der Waals surface area contributed by atoms with Gasteiger partial charge in [-0.3, -0.25) is 9.59 Å². The highest BCUT2D eigenvalue weighted by Gasteiger charge is 2.06. The van der Waals surface area contributed by atoms with E-state index in [0.717, 1.165) is 0 Å². The van der Waals surface area contributed by atoms with E-state index in [2.05, 4.69) is 5.32 Å². The van der Waals surface area contributed by atoms with Crippen LogP contribution < -0.4 is 5.32 Å². The Labute approximate surface area is 86.4 Å². The number of hydrogen-bond acceptors (Lipinski definition) is 3. The second-order valence-electron chi connectivity index (χ2n) is 3.10. The Balaban J connectivity index is 2.87. The lowest BCUT2D eigenvalue weighted by molar-refractivity contribution is -0.136. The first-order chi connectivity index (χ1) is 6.99. The van der Waals surface area contributed by atoms with Crippen molar-refractivity contribution in [2.75, 3.05) is 5.32 Å². The highest BCUT2D eigenvalue weighted by atomic mass is 16.4. The average Bonchev–Trinajstić information content (AvgIpc) is 2.08. The van der Waals surface area contributed by atoms with E-state index >= 15 is 0 Å². The molecule has 15 heavy (non-hydrogen) atoms. The van der Waals surface area contributed by atoms with Crippen molar-refractivity contribution in [3.8, 4) is 5.75 Å². The number of carbonyl (C=O) groups is 2. The number of anilines is 1. The molecular formula is C10H11NO4. The molecule has 0 aromatic heterocycles. The van der Waals surface area contributed by atoms with Gasteiger partial charge in [-0.15, -0.1) is 0 Å². The molecule has 0 unspecified atom stereocenters. The summed E-state index contributed by atoms with van der Waals surface area (Å²) >= 11 is 0. The van der Waals surface area contributed by atoms with Crippen molar-refractivity contribution in [3.05, 3.63) is 23.8 Å². The van der Waals surface area contributed by atoms with Gasteiger partial charge in [-0.05, 0) is 17.7 Å². The summed E-state index contributed by atoms with van der Waals surface area (Å²) in [7, 11) is 0. The number of phenols is 1. The molecule has 0 saturated heterocycles. The Morgan fingerprint density at radius 2 is 2.07 bits per heavy atom. The molecule has 80 valence electrons. The molecule has 0 spiro atoms. The molecule has 0 bridgehead atoms. The molecule has 0 atom stereocenters. The number of amides is 1. The second-order valence-corrected chi connectivity index (χ2v) is 3.10. The molecule has 0 aliphatic heterocycles. The van der Waals surface area contributed by atoms with Crippen molar-refractivity contribution >= 4 is 17.6 Å². The zero-order valence-electron chi connectivity index (χ0n) is 8.15. The third-order valence-corrected chi connectivity index (χ3v) is 1.73. The minimum atomic E-state index is -0.971. The summed E-state index contributed by atoms with van der Waals surface area (Å²) in [6.07, 6.45) is -0.159. The van der Waals surface area contributed by atoms with Crippen LogP contribution in [0.25, 0.3) is 0 Å². The van der Waals surface area contributed by atoms with Gasteiger partial charge in [0, 0.05) is 6.92 Å². The van der Waals surface area contributed by atoms with Crippen molar-refractivity contribution in [2.45, 2.75) is 13.3 Å². The lowest BCUT2D eigenvalue weighted by Crippen LogP contribution is -2.06. The summed E-state index contributed by atoms with van der Waals surface area (Å²) in [5.74, 6) is -1.40. The molecule has 1 rings (SSSR count). The normalized spacial score (nSPS) is 9.67. The van der Waals surface area contributed by atoms with E-state index in [-0.39, 0.29) is 23.8 Å². The van der Waals surface area contributed by atoms with Crippen LogP contribution in [-0.4, -0.2) is 22.1 Å². The molecule has 0 heterocycles. The molecular weight excluding hydrogens is 198 g/mol. The van der Waals surface area contributed by atoms with Gasteiger partial charge in [-0.2, -0.15) is 0 Å². The summed E-state index contributed by atoms with van der Waals surface area (Å²) in [6, 6.07) is 4.33. The van der Waals surface area contributed by atoms with E-state index in [9.17, 15) is 14.7 Å². The molecule has 1 aromatic carbocycles. The van der Waals surface area contributed by atoms with Gasteiger partial charge in [-0.1, -0.05) is 6.07 Å². The predicted octanol–water partition coefficient (Wildman–Crippen LogP) is 0.978. The monoisotopic (exact) mass is 209 g/mol. The number of carbonyl (C=O) groups excluding carboxylic acids is 1. The Bertz CT molecular complexity index is 400. The van der Waals surface area contributed by atoms with Crippen LogP contribution in [0.4, 0.5) is 5.69 Å². The SMILES string of the molecule is CC(=O)Nc1ccc(CC(=O)O)cc1O. The summed E-state index contributed by atoms with van der Waals surface area (Å²) in [6.45, 7) is 1.32. The molecule has 3 N–H and O–H groups in total. The fraction of sp³-hybridized carbons (Fsp3) is 0.200. The van der Waals surface area contributed by atoms with Crippen LogP contribution in [0.5, 0.6) is 5.75 Å². The van der Waals surface area contributed by atoms with Crippen molar-refractivity contribution < 1.29 is 19.8 Å². The molecule has 1 amide bonds. The molecule has 0 radical (unpaired) electrons. The number of aliphatic carboxylic acids is 1. The van der Waals surface area contributed by atoms with Crippen LogP contribution in [0.15, 0.2) is 18.2 Å². The Kier molecular flexibility index (Phi) is 3.28. The molecule has 5 nitrogen and oxygen atoms in total. The number of aromatic hydroxyl groups is 1. The van der Waals surface area contributed by atoms with E-state index < -0.39 is 5.97 Å². The molecule has 0 saturated carbocycles. The Hall–Kier alpha value is -2.04. The van der Waals surface area contributed by atoms with E-state index in [1.165, 1.54) is 19.1 Å². The zero-order valence-corrected chi connectivity index (χ0v) is 8.15. The van der Waals surface area contributed by atoms with Crippen molar-refractivity contribution in [3.63, 3.8) is 0 Å². The number of hydrogen-bond donors (Lipinski definition) is 3. The molecule has 0 aliphatic rings.